The Bertz CT molecular complexity index is 2470. The van der Waals surface area contributed by atoms with Crippen molar-refractivity contribution in [2.45, 2.75) is 132 Å². The van der Waals surface area contributed by atoms with E-state index in [1.165, 1.54) is 43.4 Å². The van der Waals surface area contributed by atoms with Crippen LogP contribution in [-0.4, -0.2) is 64.8 Å². The molecule has 4 fully saturated rings. The average molecular weight is 898 g/mol. The molecule has 3 aromatic carbocycles. The number of carbonyl (C=O) groups excluding carboxylic acids is 1. The number of aromatic nitrogens is 1. The van der Waals surface area contributed by atoms with Crippen LogP contribution in [0.2, 0.25) is 0 Å². The predicted octanol–water partition coefficient (Wildman–Crippen LogP) is 11.1. The van der Waals surface area contributed by atoms with Crippen molar-refractivity contribution in [3.05, 3.63) is 99.6 Å². The van der Waals surface area contributed by atoms with Crippen LogP contribution in [0.5, 0.6) is 17.2 Å². The number of allylic oxidation sites excluding steroid dienone is 1. The molecule has 2 atom stereocenters. The normalized spacial score (nSPS) is 25.0. The van der Waals surface area contributed by atoms with Crippen LogP contribution < -0.4 is 30.1 Å². The minimum atomic E-state index is -0.634. The number of pyridine rings is 1. The molecule has 1 aromatic heterocycles. The molecule has 12 nitrogen and oxygen atoms in total. The third-order valence-corrected chi connectivity index (χ3v) is 16.3. The first-order chi connectivity index (χ1) is 31.4. The monoisotopic (exact) mass is 897 g/mol. The van der Waals surface area contributed by atoms with Gasteiger partial charge >= 0.3 is 0 Å². The summed E-state index contributed by atoms with van der Waals surface area (Å²) < 4.78 is 15.8. The zero-order valence-electron chi connectivity index (χ0n) is 38.0. The summed E-state index contributed by atoms with van der Waals surface area (Å²) in [6.45, 7) is 10.0. The van der Waals surface area contributed by atoms with Gasteiger partial charge in [-0.3, -0.25) is 14.4 Å². The highest BCUT2D eigenvalue weighted by molar-refractivity contribution is 7.98. The molecule has 2 saturated heterocycles. The lowest BCUT2D eigenvalue weighted by molar-refractivity contribution is -0.0227. The number of nitrogen functional groups attached to an aromatic ring is 1. The second kappa shape index (κ2) is 17.9. The first kappa shape index (κ1) is 43.8. The Balaban J connectivity index is 0.832. The zero-order valence-corrected chi connectivity index (χ0v) is 38.8. The van der Waals surface area contributed by atoms with E-state index in [1.807, 2.05) is 43.3 Å². The van der Waals surface area contributed by atoms with Gasteiger partial charge in [0.25, 0.3) is 5.91 Å². The fourth-order valence-corrected chi connectivity index (χ4v) is 12.3. The second-order valence-corrected chi connectivity index (χ2v) is 21.1. The highest BCUT2D eigenvalue weighted by Gasteiger charge is 2.50. The number of nitrogens with zero attached hydrogens (tertiary/aromatic N) is 4. The third-order valence-electron chi connectivity index (χ3n) is 15.5. The number of hydrogen-bond donors (Lipinski definition) is 4. The topological polar surface area (TPSA) is 155 Å². The van der Waals surface area contributed by atoms with Gasteiger partial charge in [-0.25, -0.2) is 4.98 Å². The van der Waals surface area contributed by atoms with Crippen molar-refractivity contribution >= 4 is 46.8 Å². The van der Waals surface area contributed by atoms with E-state index in [4.69, 9.17) is 15.2 Å². The molecule has 10 rings (SSSR count). The van der Waals surface area contributed by atoms with E-state index in [0.717, 1.165) is 93.3 Å². The summed E-state index contributed by atoms with van der Waals surface area (Å²) in [6.07, 6.45) is 16.4. The van der Waals surface area contributed by atoms with E-state index < -0.39 is 5.60 Å². The summed E-state index contributed by atoms with van der Waals surface area (Å²) in [5.41, 5.74) is 13.3. The molecule has 1 unspecified atom stereocenters. The van der Waals surface area contributed by atoms with Gasteiger partial charge in [-0.15, -0.1) is 4.91 Å². The summed E-state index contributed by atoms with van der Waals surface area (Å²) in [5, 5.41) is 17.3. The zero-order chi connectivity index (χ0) is 44.9. The van der Waals surface area contributed by atoms with Crippen LogP contribution in [0.3, 0.4) is 0 Å². The molecule has 0 radical (unpaired) electrons. The number of nitrogens with one attached hydrogen (secondary N) is 2. The van der Waals surface area contributed by atoms with Crippen molar-refractivity contribution in [2.24, 2.45) is 16.5 Å². The SMILES string of the molecule is CC(C)c1ccccc1[C@H]1CCCN1C1CC2(CCN(c3ccc(C(=O)NSc4cc(N=O)c5c(c4)OCC([C@H]4CC[C@](C)(O)CC4)N5)c(Oc4cc5c(nc4N)CCC=C5)c3)CC2)C1. The first-order valence-electron chi connectivity index (χ1n) is 23.9. The lowest BCUT2D eigenvalue weighted by atomic mass is 9.59. The van der Waals surface area contributed by atoms with Crippen molar-refractivity contribution in [2.75, 3.05) is 42.2 Å². The summed E-state index contributed by atoms with van der Waals surface area (Å²) in [4.78, 5) is 36.8. The number of amides is 1. The van der Waals surface area contributed by atoms with Crippen LogP contribution >= 0.6 is 11.9 Å². The van der Waals surface area contributed by atoms with Gasteiger partial charge in [0.05, 0.1) is 22.9 Å². The highest BCUT2D eigenvalue weighted by Crippen LogP contribution is 2.54. The Labute approximate surface area is 387 Å². The third kappa shape index (κ3) is 8.95. The molecule has 4 aromatic rings. The lowest BCUT2D eigenvalue weighted by Gasteiger charge is -2.56. The number of likely N-dealkylation sites (tertiary alicyclic amines) is 1. The highest BCUT2D eigenvalue weighted by atomic mass is 32.2. The van der Waals surface area contributed by atoms with Crippen molar-refractivity contribution in [3.63, 3.8) is 0 Å². The molecule has 4 heterocycles. The molecule has 1 spiro atoms. The molecule has 342 valence electrons. The molecule has 3 aliphatic carbocycles. The Hall–Kier alpha value is -5.11. The van der Waals surface area contributed by atoms with Gasteiger partial charge in [0, 0.05) is 41.8 Å². The first-order valence-corrected chi connectivity index (χ1v) is 24.7. The average Bonchev–Trinajstić information content (AvgIpc) is 3.79. The maximum absolute atomic E-state index is 14.1. The molecule has 2 saturated carbocycles. The maximum Gasteiger partial charge on any atom is 0.265 e. The van der Waals surface area contributed by atoms with Crippen LogP contribution in [0.15, 0.2) is 76.8 Å². The largest absolute Gasteiger partial charge is 0.489 e. The Morgan fingerprint density at radius 3 is 2.62 bits per heavy atom. The summed E-state index contributed by atoms with van der Waals surface area (Å²) in [5.74, 6) is 2.08. The van der Waals surface area contributed by atoms with Gasteiger partial charge in [0.2, 0.25) is 0 Å². The van der Waals surface area contributed by atoms with Crippen molar-refractivity contribution in [1.29, 1.82) is 0 Å². The molecule has 13 heteroatoms. The minimum Gasteiger partial charge on any atom is -0.489 e. The predicted molar refractivity (Wildman–Crippen MR) is 259 cm³/mol. The summed E-state index contributed by atoms with van der Waals surface area (Å²) in [7, 11) is 0. The Morgan fingerprint density at radius 2 is 1.83 bits per heavy atom. The van der Waals surface area contributed by atoms with E-state index >= 15 is 0 Å². The number of carbonyl (C=O) groups is 1. The lowest BCUT2D eigenvalue weighted by Crippen LogP contribution is -2.54. The number of piperidine rings is 1. The molecule has 6 aliphatic rings. The van der Waals surface area contributed by atoms with E-state index in [0.29, 0.717) is 69.3 Å². The molecule has 1 amide bonds. The smallest absolute Gasteiger partial charge is 0.265 e. The van der Waals surface area contributed by atoms with E-state index in [9.17, 15) is 14.8 Å². The standard InChI is InChI=1S/C52H63N7O5S/c1-32(2)38-10-5-6-11-39(38)44-13-8-22-59(44)36-29-52(30-36)20-23-58(24-21-52)35-14-15-40(45(26-35)64-47-25-34-9-4-7-12-41(34)55-49(47)53)50(60)57-65-37-27-42(56-62)48-46(28-37)63-31-43(54-48)33-16-18-51(3,61)19-17-33/h4-6,9-11,14-15,25-28,32-33,36,43-44,54,61H,7-8,12-13,16-24,29-31H2,1-3H3,(H2,53,55)(H,57,60)/t33-,43?,44-,51-/m1/s1. The maximum atomic E-state index is 14.1. The fourth-order valence-electron chi connectivity index (χ4n) is 11.7. The number of nitroso groups, excluding NO2 is 1. The van der Waals surface area contributed by atoms with Crippen LogP contribution in [0.4, 0.5) is 22.9 Å². The van der Waals surface area contributed by atoms with Crippen molar-refractivity contribution < 1.29 is 19.4 Å². The molecular formula is C52H63N7O5S. The number of benzene rings is 3. The van der Waals surface area contributed by atoms with Gasteiger partial charge in [-0.2, -0.15) is 0 Å². The molecule has 65 heavy (non-hydrogen) atoms. The van der Waals surface area contributed by atoms with Crippen LogP contribution in [0.25, 0.3) is 6.08 Å². The number of fused-ring (bicyclic) bond motifs is 2. The van der Waals surface area contributed by atoms with Gasteiger partial charge in [0.15, 0.2) is 11.6 Å². The van der Waals surface area contributed by atoms with E-state index in [2.05, 4.69) is 74.2 Å². The molecule has 0 bridgehead atoms. The Kier molecular flexibility index (Phi) is 12.1. The summed E-state index contributed by atoms with van der Waals surface area (Å²) in [6, 6.07) is 21.5. The van der Waals surface area contributed by atoms with E-state index in [1.54, 1.807) is 6.07 Å². The molecule has 5 N–H and O–H groups in total. The summed E-state index contributed by atoms with van der Waals surface area (Å²) >= 11 is 1.09. The van der Waals surface area contributed by atoms with Gasteiger partial charge in [-0.05, 0) is 172 Å². The number of nitrogens with two attached hydrogens (primary N) is 1. The Morgan fingerprint density at radius 1 is 1.03 bits per heavy atom. The van der Waals surface area contributed by atoms with E-state index in [-0.39, 0.29) is 23.5 Å². The van der Waals surface area contributed by atoms with Crippen LogP contribution in [0, 0.1) is 16.2 Å². The van der Waals surface area contributed by atoms with Gasteiger partial charge < -0.3 is 30.5 Å². The second-order valence-electron chi connectivity index (χ2n) is 20.2. The van der Waals surface area contributed by atoms with Crippen molar-refractivity contribution in [1.82, 2.24) is 14.6 Å². The molecule has 3 aliphatic heterocycles. The van der Waals surface area contributed by atoms with Gasteiger partial charge in [0.1, 0.15) is 29.5 Å². The number of hydrogen-bond acceptors (Lipinski definition) is 12. The van der Waals surface area contributed by atoms with Crippen LogP contribution in [-0.2, 0) is 6.42 Å². The molecular weight excluding hydrogens is 835 g/mol. The quantitative estimate of drug-likeness (QED) is 0.0840. The number of ether oxygens (including phenoxy) is 2. The van der Waals surface area contributed by atoms with Gasteiger partial charge in [-0.1, -0.05) is 50.3 Å². The van der Waals surface area contributed by atoms with Crippen LogP contribution in [0.1, 0.15) is 136 Å². The number of aliphatic hydroxyl groups is 1. The number of aryl methyl sites for hydroxylation is 1. The number of anilines is 3. The number of rotatable bonds is 11. The minimum absolute atomic E-state index is 0.0112. The fraction of sp³-hybridized carbons (Fsp3) is 0.500. The van der Waals surface area contributed by atoms with Crippen molar-refractivity contribution in [3.8, 4) is 17.2 Å².